The van der Waals surface area contributed by atoms with Crippen molar-refractivity contribution < 1.29 is 0 Å². The molecular weight excluding hydrogens is 599 g/mol. The highest BCUT2D eigenvalue weighted by Crippen LogP contribution is 2.37. The maximum absolute atomic E-state index is 4.78. The zero-order chi connectivity index (χ0) is 31.9. The molecule has 0 saturated heterocycles. The van der Waals surface area contributed by atoms with Gasteiger partial charge in [0.25, 0.3) is 0 Å². The molecule has 2 heterocycles. The van der Waals surface area contributed by atoms with Crippen molar-refractivity contribution >= 4 is 62.0 Å². The number of aromatic nitrogens is 3. The number of nitrogens with zero attached hydrogens (tertiary/aromatic N) is 3. The molecule has 48 heavy (non-hydrogen) atoms. The van der Waals surface area contributed by atoms with Crippen LogP contribution >= 0.6 is 0 Å². The monoisotopic (exact) mass is 631 g/mol. The van der Waals surface area contributed by atoms with E-state index in [-0.39, 0.29) is 0 Å². The SMILES string of the molecule is C1=C(c2cccc(-n3c4ccccc4c4c5nccnc5ccc43)c2)CCC=C1[Si](c1ccccc1)(c1ccccc1)c1ccccc1. The highest BCUT2D eigenvalue weighted by atomic mass is 28.3. The molecule has 0 bridgehead atoms. The van der Waals surface area contributed by atoms with Gasteiger partial charge in [0.1, 0.15) is 0 Å². The second kappa shape index (κ2) is 11.7. The van der Waals surface area contributed by atoms with Crippen molar-refractivity contribution in [1.29, 1.82) is 0 Å². The van der Waals surface area contributed by atoms with E-state index in [2.05, 4.69) is 173 Å². The van der Waals surface area contributed by atoms with Gasteiger partial charge in [0, 0.05) is 28.9 Å². The zero-order valence-corrected chi connectivity index (χ0v) is 27.5. The molecule has 1 aliphatic rings. The number of fused-ring (bicyclic) bond motifs is 5. The molecule has 3 nitrogen and oxygen atoms in total. The fourth-order valence-electron chi connectivity index (χ4n) is 7.87. The van der Waals surface area contributed by atoms with Crippen molar-refractivity contribution in [1.82, 2.24) is 14.5 Å². The topological polar surface area (TPSA) is 30.7 Å². The minimum Gasteiger partial charge on any atom is -0.309 e. The van der Waals surface area contributed by atoms with Crippen LogP contribution in [0, 0.1) is 0 Å². The first-order valence-corrected chi connectivity index (χ1v) is 18.6. The van der Waals surface area contributed by atoms with E-state index in [1.165, 1.54) is 42.8 Å². The van der Waals surface area contributed by atoms with Crippen molar-refractivity contribution in [2.45, 2.75) is 12.8 Å². The van der Waals surface area contributed by atoms with Crippen LogP contribution in [0.25, 0.3) is 44.1 Å². The number of para-hydroxylation sites is 1. The first-order valence-electron chi connectivity index (χ1n) is 16.6. The van der Waals surface area contributed by atoms with E-state index in [1.54, 1.807) is 12.4 Å². The van der Waals surface area contributed by atoms with E-state index in [9.17, 15) is 0 Å². The Bertz CT molecular complexity index is 2400. The molecule has 0 unspecified atom stereocenters. The van der Waals surface area contributed by atoms with Gasteiger partial charge < -0.3 is 4.57 Å². The Morgan fingerprint density at radius 1 is 0.562 bits per heavy atom. The van der Waals surface area contributed by atoms with Gasteiger partial charge in [-0.1, -0.05) is 133 Å². The average molecular weight is 632 g/mol. The lowest BCUT2D eigenvalue weighted by Gasteiger charge is -2.36. The van der Waals surface area contributed by atoms with E-state index in [4.69, 9.17) is 4.98 Å². The molecule has 0 fully saturated rings. The summed E-state index contributed by atoms with van der Waals surface area (Å²) in [7, 11) is -2.60. The van der Waals surface area contributed by atoms with E-state index in [1.807, 2.05) is 0 Å². The van der Waals surface area contributed by atoms with Crippen molar-refractivity contribution in [3.05, 3.63) is 187 Å². The van der Waals surface area contributed by atoms with Crippen LogP contribution in [-0.4, -0.2) is 22.6 Å². The first-order chi connectivity index (χ1) is 23.8. The lowest BCUT2D eigenvalue weighted by Crippen LogP contribution is -2.68. The molecule has 0 amide bonds. The molecule has 0 spiro atoms. The molecule has 0 aliphatic heterocycles. The lowest BCUT2D eigenvalue weighted by atomic mass is 9.97. The van der Waals surface area contributed by atoms with Crippen LogP contribution in [-0.2, 0) is 0 Å². The molecule has 6 aromatic carbocycles. The molecule has 9 rings (SSSR count). The van der Waals surface area contributed by atoms with Crippen LogP contribution < -0.4 is 15.6 Å². The van der Waals surface area contributed by atoms with E-state index >= 15 is 0 Å². The third-order valence-corrected chi connectivity index (χ3v) is 14.7. The summed E-state index contributed by atoms with van der Waals surface area (Å²) < 4.78 is 2.39. The zero-order valence-electron chi connectivity index (χ0n) is 26.5. The Morgan fingerprint density at radius 2 is 1.21 bits per heavy atom. The summed E-state index contributed by atoms with van der Waals surface area (Å²) in [6.45, 7) is 0. The fraction of sp³-hybridized carbons (Fsp3) is 0.0455. The van der Waals surface area contributed by atoms with Gasteiger partial charge in [-0.15, -0.1) is 0 Å². The third kappa shape index (κ3) is 4.49. The standard InChI is InChI=1S/C44H33N3Si/c1-4-17-35(18-5-1)48(36-19-6-2-7-20-36,37-21-8-3-9-22-37)38-23-13-15-33(31-38)32-14-12-16-34(30-32)47-41-25-11-10-24-39(41)43-42(47)27-26-40-44(43)46-29-28-45-40/h1-12,14,16-31H,13,15H2. The van der Waals surface area contributed by atoms with Gasteiger partial charge in [-0.25, -0.2) is 0 Å². The highest BCUT2D eigenvalue weighted by molar-refractivity contribution is 7.16. The Morgan fingerprint density at radius 3 is 1.92 bits per heavy atom. The highest BCUT2D eigenvalue weighted by Gasteiger charge is 2.42. The second-order valence-corrected chi connectivity index (χ2v) is 16.3. The summed E-state index contributed by atoms with van der Waals surface area (Å²) in [6, 6.07) is 55.6. The minimum absolute atomic E-state index is 0.913. The van der Waals surface area contributed by atoms with Gasteiger partial charge >= 0.3 is 0 Å². The summed E-state index contributed by atoms with van der Waals surface area (Å²) in [5.74, 6) is 0. The average Bonchev–Trinajstić information content (AvgIpc) is 3.52. The molecular formula is C44H33N3Si. The van der Waals surface area contributed by atoms with Crippen LogP contribution in [0.3, 0.4) is 0 Å². The van der Waals surface area contributed by atoms with Gasteiger partial charge in [0.05, 0.1) is 22.1 Å². The Labute approximate surface area is 281 Å². The number of benzene rings is 6. The molecule has 0 radical (unpaired) electrons. The summed E-state index contributed by atoms with van der Waals surface area (Å²) in [4.78, 5) is 9.38. The molecule has 0 atom stereocenters. The Balaban J connectivity index is 1.24. The van der Waals surface area contributed by atoms with Gasteiger partial charge in [-0.2, -0.15) is 0 Å². The number of rotatable bonds is 6. The van der Waals surface area contributed by atoms with E-state index in [0.717, 1.165) is 40.5 Å². The fourth-order valence-corrected chi connectivity index (χ4v) is 12.8. The van der Waals surface area contributed by atoms with Gasteiger partial charge in [0.2, 0.25) is 0 Å². The smallest absolute Gasteiger partial charge is 0.179 e. The van der Waals surface area contributed by atoms with Crippen LogP contribution in [0.5, 0.6) is 0 Å². The van der Waals surface area contributed by atoms with E-state index in [0.29, 0.717) is 0 Å². The summed E-state index contributed by atoms with van der Waals surface area (Å²) in [5, 5.41) is 7.99. The normalized spacial score (nSPS) is 13.5. The molecule has 8 aromatic rings. The quantitative estimate of drug-likeness (QED) is 0.136. The minimum atomic E-state index is -2.60. The Kier molecular flexibility index (Phi) is 6.95. The maximum Gasteiger partial charge on any atom is 0.179 e. The largest absolute Gasteiger partial charge is 0.309 e. The van der Waals surface area contributed by atoms with Gasteiger partial charge in [-0.3, -0.25) is 9.97 Å². The predicted octanol–water partition coefficient (Wildman–Crippen LogP) is 8.54. The molecule has 2 aromatic heterocycles. The molecule has 4 heteroatoms. The molecule has 0 N–H and O–H groups in total. The summed E-state index contributed by atoms with van der Waals surface area (Å²) in [6.07, 6.45) is 10.6. The molecule has 1 aliphatic carbocycles. The second-order valence-electron chi connectivity index (χ2n) is 12.5. The summed E-state index contributed by atoms with van der Waals surface area (Å²) >= 11 is 0. The van der Waals surface area contributed by atoms with E-state index < -0.39 is 8.07 Å². The van der Waals surface area contributed by atoms with Crippen LogP contribution in [0.1, 0.15) is 18.4 Å². The molecule has 228 valence electrons. The number of hydrogen-bond acceptors (Lipinski definition) is 2. The maximum atomic E-state index is 4.78. The van der Waals surface area contributed by atoms with Crippen molar-refractivity contribution in [3.63, 3.8) is 0 Å². The number of hydrogen-bond donors (Lipinski definition) is 0. The molecule has 0 saturated carbocycles. The first kappa shape index (κ1) is 28.4. The van der Waals surface area contributed by atoms with Gasteiger partial charge in [-0.05, 0) is 75.1 Å². The van der Waals surface area contributed by atoms with Crippen LogP contribution in [0.2, 0.25) is 0 Å². The Hall–Kier alpha value is -5.84. The van der Waals surface area contributed by atoms with Crippen molar-refractivity contribution in [2.24, 2.45) is 0 Å². The summed E-state index contributed by atoms with van der Waals surface area (Å²) in [5.41, 5.74) is 7.96. The third-order valence-electron chi connectivity index (χ3n) is 9.91. The lowest BCUT2D eigenvalue weighted by molar-refractivity contribution is 1.05. The van der Waals surface area contributed by atoms with Gasteiger partial charge in [0.15, 0.2) is 8.07 Å². The van der Waals surface area contributed by atoms with Crippen molar-refractivity contribution in [3.8, 4) is 5.69 Å². The number of allylic oxidation sites excluding steroid dienone is 4. The predicted molar refractivity (Wildman–Crippen MR) is 203 cm³/mol. The van der Waals surface area contributed by atoms with Crippen LogP contribution in [0.15, 0.2) is 181 Å². The van der Waals surface area contributed by atoms with Crippen molar-refractivity contribution in [2.75, 3.05) is 0 Å². The van der Waals surface area contributed by atoms with Crippen LogP contribution in [0.4, 0.5) is 0 Å².